The fourth-order valence-electron chi connectivity index (χ4n) is 4.38. The molecule has 4 rings (SSSR count). The lowest BCUT2D eigenvalue weighted by Gasteiger charge is -2.30. The largest absolute Gasteiger partial charge is 0.491 e. The number of rotatable bonds is 10. The number of nitrogens with one attached hydrogen (secondary N) is 2. The Labute approximate surface area is 203 Å². The highest BCUT2D eigenvalue weighted by molar-refractivity contribution is 5.76. The second-order valence-corrected chi connectivity index (χ2v) is 8.97. The monoisotopic (exact) mass is 488 g/mol. The molecular weight excluding hydrogens is 456 g/mol. The minimum Gasteiger partial charge on any atom is -0.491 e. The highest BCUT2D eigenvalue weighted by Gasteiger charge is 2.38. The molecule has 2 aliphatic rings. The van der Waals surface area contributed by atoms with Crippen molar-refractivity contribution in [3.05, 3.63) is 29.9 Å². The average Bonchev–Trinajstić information content (AvgIpc) is 3.45. The first-order chi connectivity index (χ1) is 16.9. The summed E-state index contributed by atoms with van der Waals surface area (Å²) in [6, 6.07) is 5.16. The van der Waals surface area contributed by atoms with Gasteiger partial charge >= 0.3 is 0 Å². The maximum Gasteiger partial charge on any atom is 0.231 e. The van der Waals surface area contributed by atoms with Crippen molar-refractivity contribution in [1.29, 1.82) is 0 Å². The number of benzene rings is 1. The lowest BCUT2D eigenvalue weighted by Crippen LogP contribution is -2.45. The van der Waals surface area contributed by atoms with Gasteiger partial charge < -0.3 is 34.5 Å². The number of hydrogen-bond acceptors (Lipinski definition) is 9. The summed E-state index contributed by atoms with van der Waals surface area (Å²) >= 11 is 0. The van der Waals surface area contributed by atoms with Gasteiger partial charge in [-0.05, 0) is 25.0 Å². The zero-order valence-electron chi connectivity index (χ0n) is 19.9. The van der Waals surface area contributed by atoms with Gasteiger partial charge in [-0.15, -0.1) is 0 Å². The molecule has 1 saturated carbocycles. The molecule has 1 fully saturated rings. The van der Waals surface area contributed by atoms with Gasteiger partial charge in [0.1, 0.15) is 24.0 Å². The highest BCUT2D eigenvalue weighted by atomic mass is 16.7. The van der Waals surface area contributed by atoms with Crippen molar-refractivity contribution in [2.45, 2.75) is 69.9 Å². The molecule has 11 nitrogen and oxygen atoms in total. The van der Waals surface area contributed by atoms with Crippen LogP contribution in [0.5, 0.6) is 17.2 Å². The van der Waals surface area contributed by atoms with E-state index < -0.39 is 11.6 Å². The van der Waals surface area contributed by atoms with Gasteiger partial charge in [0, 0.05) is 32.4 Å². The topological polar surface area (TPSA) is 145 Å². The number of aromatic nitrogens is 2. The second-order valence-electron chi connectivity index (χ2n) is 8.97. The number of aryl methyl sites for hydroxylation is 1. The van der Waals surface area contributed by atoms with Crippen molar-refractivity contribution < 1.29 is 33.4 Å². The Morgan fingerprint density at radius 3 is 2.71 bits per heavy atom. The van der Waals surface area contributed by atoms with Crippen molar-refractivity contribution >= 4 is 11.8 Å². The van der Waals surface area contributed by atoms with E-state index in [-0.39, 0.29) is 44.6 Å². The molecule has 0 spiro atoms. The van der Waals surface area contributed by atoms with Crippen molar-refractivity contribution in [1.82, 2.24) is 20.8 Å². The molecule has 2 aromatic rings. The Balaban J connectivity index is 1.21. The van der Waals surface area contributed by atoms with Crippen LogP contribution in [0, 0.1) is 0 Å². The smallest absolute Gasteiger partial charge is 0.231 e. The van der Waals surface area contributed by atoms with E-state index in [1.807, 2.05) is 0 Å². The Bertz CT molecular complexity index is 1020. The van der Waals surface area contributed by atoms with Crippen molar-refractivity contribution in [3.63, 3.8) is 0 Å². The molecule has 1 atom stereocenters. The molecule has 1 aromatic heterocycles. The van der Waals surface area contributed by atoms with Gasteiger partial charge in [0.05, 0.1) is 0 Å². The van der Waals surface area contributed by atoms with Crippen LogP contribution < -0.4 is 24.8 Å². The van der Waals surface area contributed by atoms with Crippen LogP contribution >= 0.6 is 0 Å². The molecule has 0 bridgehead atoms. The van der Waals surface area contributed by atoms with Gasteiger partial charge in [-0.25, -0.2) is 0 Å². The molecule has 3 N–H and O–H groups in total. The van der Waals surface area contributed by atoms with Crippen LogP contribution in [-0.2, 0) is 21.5 Å². The van der Waals surface area contributed by atoms with Crippen LogP contribution in [0.25, 0.3) is 0 Å². The summed E-state index contributed by atoms with van der Waals surface area (Å²) in [4.78, 5) is 28.6. The molecule has 0 saturated heterocycles. The lowest BCUT2D eigenvalue weighted by atomic mass is 9.89. The summed E-state index contributed by atoms with van der Waals surface area (Å²) in [6.07, 6.45) is 5.21. The quantitative estimate of drug-likeness (QED) is 0.427. The standard InChI is InChI=1S/C24H32N4O7/c1-16(29)27-24(10-4-2-3-5-11-24)23-26-22(35-28-23)9-8-21(31)25-13-17(30)14-32-18-6-7-19-20(12-18)34-15-33-19/h6-7,12,17,30H,2-5,8-11,13-15H2,1H3,(H,25,31)(H,27,29). The summed E-state index contributed by atoms with van der Waals surface area (Å²) in [5.74, 6) is 2.22. The van der Waals surface area contributed by atoms with Gasteiger partial charge in [0.2, 0.25) is 24.5 Å². The third-order valence-corrected chi connectivity index (χ3v) is 6.16. The molecule has 190 valence electrons. The normalized spacial score (nSPS) is 17.3. The van der Waals surface area contributed by atoms with Crippen molar-refractivity contribution in [2.75, 3.05) is 19.9 Å². The number of nitrogens with zero attached hydrogens (tertiary/aromatic N) is 2. The third-order valence-electron chi connectivity index (χ3n) is 6.16. The first kappa shape index (κ1) is 24.8. The number of aliphatic hydroxyl groups is 1. The number of amides is 2. The van der Waals surface area contributed by atoms with Gasteiger partial charge in [-0.1, -0.05) is 30.8 Å². The summed E-state index contributed by atoms with van der Waals surface area (Å²) in [5.41, 5.74) is -0.617. The van der Waals surface area contributed by atoms with Gasteiger partial charge in [-0.3, -0.25) is 9.59 Å². The van der Waals surface area contributed by atoms with E-state index in [4.69, 9.17) is 18.7 Å². The minimum absolute atomic E-state index is 0.0121. The Morgan fingerprint density at radius 1 is 1.17 bits per heavy atom. The number of carbonyl (C=O) groups is 2. The summed E-state index contributed by atoms with van der Waals surface area (Å²) in [5, 5.41) is 20.0. The molecule has 1 aliphatic carbocycles. The van der Waals surface area contributed by atoms with E-state index in [9.17, 15) is 14.7 Å². The van der Waals surface area contributed by atoms with Crippen molar-refractivity contribution in [2.24, 2.45) is 0 Å². The van der Waals surface area contributed by atoms with Crippen LogP contribution in [-0.4, -0.2) is 53.1 Å². The first-order valence-electron chi connectivity index (χ1n) is 12.0. The summed E-state index contributed by atoms with van der Waals surface area (Å²) in [6.45, 7) is 1.73. The molecule has 1 aliphatic heterocycles. The SMILES string of the molecule is CC(=O)NC1(c2noc(CCC(=O)NCC(O)COc3ccc4c(c3)OCO4)n2)CCCCCC1. The Morgan fingerprint density at radius 2 is 1.94 bits per heavy atom. The maximum atomic E-state index is 12.2. The van der Waals surface area contributed by atoms with Crippen molar-refractivity contribution in [3.8, 4) is 17.2 Å². The van der Waals surface area contributed by atoms with Gasteiger partial charge in [0.25, 0.3) is 0 Å². The zero-order valence-corrected chi connectivity index (χ0v) is 19.9. The van der Waals surface area contributed by atoms with Crippen LogP contribution in [0.4, 0.5) is 0 Å². The molecule has 1 aromatic carbocycles. The summed E-state index contributed by atoms with van der Waals surface area (Å²) < 4.78 is 21.5. The lowest BCUT2D eigenvalue weighted by molar-refractivity contribution is -0.122. The van der Waals surface area contributed by atoms with Gasteiger partial charge in [-0.2, -0.15) is 4.98 Å². The fraction of sp³-hybridized carbons (Fsp3) is 0.583. The van der Waals surface area contributed by atoms with Crippen LogP contribution in [0.15, 0.2) is 22.7 Å². The molecule has 35 heavy (non-hydrogen) atoms. The second kappa shape index (κ2) is 11.4. The fourth-order valence-corrected chi connectivity index (χ4v) is 4.38. The van der Waals surface area contributed by atoms with E-state index in [1.54, 1.807) is 18.2 Å². The predicted octanol–water partition coefficient (Wildman–Crippen LogP) is 1.97. The number of aliphatic hydroxyl groups excluding tert-OH is 1. The molecule has 11 heteroatoms. The molecule has 1 unspecified atom stereocenters. The zero-order chi connectivity index (χ0) is 24.7. The molecule has 0 radical (unpaired) electrons. The third kappa shape index (κ3) is 6.62. The molecule has 2 amide bonds. The van der Waals surface area contributed by atoms with E-state index >= 15 is 0 Å². The average molecular weight is 489 g/mol. The first-order valence-corrected chi connectivity index (χ1v) is 12.0. The number of carbonyl (C=O) groups excluding carboxylic acids is 2. The number of ether oxygens (including phenoxy) is 3. The van der Waals surface area contributed by atoms with Crippen LogP contribution in [0.1, 0.15) is 63.6 Å². The van der Waals surface area contributed by atoms with E-state index in [1.165, 1.54) is 6.92 Å². The maximum absolute atomic E-state index is 12.2. The van der Waals surface area contributed by atoms with Gasteiger partial charge in [0.15, 0.2) is 17.3 Å². The minimum atomic E-state index is -0.882. The van der Waals surface area contributed by atoms with Crippen LogP contribution in [0.3, 0.4) is 0 Å². The Kier molecular flexibility index (Phi) is 8.06. The Hall–Kier alpha value is -3.34. The number of fused-ring (bicyclic) bond motifs is 1. The number of hydrogen-bond donors (Lipinski definition) is 3. The van der Waals surface area contributed by atoms with E-state index in [0.29, 0.717) is 29.0 Å². The summed E-state index contributed by atoms with van der Waals surface area (Å²) in [7, 11) is 0. The molecule has 2 heterocycles. The highest BCUT2D eigenvalue weighted by Crippen LogP contribution is 2.35. The van der Waals surface area contributed by atoms with Crippen LogP contribution in [0.2, 0.25) is 0 Å². The predicted molar refractivity (Wildman–Crippen MR) is 123 cm³/mol. The van der Waals surface area contributed by atoms with E-state index in [2.05, 4.69) is 20.8 Å². The molecular formula is C24H32N4O7. The van der Waals surface area contributed by atoms with E-state index in [0.717, 1.165) is 38.5 Å².